The summed E-state index contributed by atoms with van der Waals surface area (Å²) in [4.78, 5) is 10.7. The van der Waals surface area contributed by atoms with Crippen molar-refractivity contribution in [1.29, 1.82) is 0 Å². The second-order valence-corrected chi connectivity index (χ2v) is 4.79. The van der Waals surface area contributed by atoms with Crippen molar-refractivity contribution < 1.29 is 9.66 Å². The van der Waals surface area contributed by atoms with Gasteiger partial charge in [0.1, 0.15) is 0 Å². The Labute approximate surface area is 114 Å². The normalized spacial score (nSPS) is 12.2. The summed E-state index contributed by atoms with van der Waals surface area (Å²) in [5.74, 6) is 0.759. The number of hydrogen-bond acceptors (Lipinski definition) is 4. The molecule has 0 aliphatic heterocycles. The van der Waals surface area contributed by atoms with Gasteiger partial charge in [-0.15, -0.1) is 0 Å². The van der Waals surface area contributed by atoms with Crippen LogP contribution in [0.1, 0.15) is 32.3 Å². The average molecular weight is 266 g/mol. The van der Waals surface area contributed by atoms with Crippen molar-refractivity contribution in [2.24, 2.45) is 5.92 Å². The number of nitrogens with zero attached hydrogens (tertiary/aromatic N) is 1. The molecule has 19 heavy (non-hydrogen) atoms. The van der Waals surface area contributed by atoms with Gasteiger partial charge >= 0.3 is 5.69 Å². The van der Waals surface area contributed by atoms with Crippen molar-refractivity contribution >= 4 is 5.69 Å². The molecule has 1 aromatic carbocycles. The van der Waals surface area contributed by atoms with E-state index in [9.17, 15) is 10.1 Å². The first kappa shape index (κ1) is 15.4. The molecule has 1 rings (SSSR count). The number of nitro groups is 1. The van der Waals surface area contributed by atoms with Crippen LogP contribution in [0.5, 0.6) is 5.75 Å². The van der Waals surface area contributed by atoms with Gasteiger partial charge < -0.3 is 10.1 Å². The second kappa shape index (κ2) is 7.74. The summed E-state index contributed by atoms with van der Waals surface area (Å²) in [5, 5.41) is 14.0. The van der Waals surface area contributed by atoms with Crippen LogP contribution in [0.4, 0.5) is 5.69 Å². The molecular formula is C14H22N2O3. The third kappa shape index (κ3) is 4.87. The molecule has 0 radical (unpaired) electrons. The minimum absolute atomic E-state index is 0.0384. The fraction of sp³-hybridized carbons (Fsp3) is 0.571. The Morgan fingerprint density at radius 2 is 2.21 bits per heavy atom. The van der Waals surface area contributed by atoms with Crippen LogP contribution in [0.2, 0.25) is 0 Å². The molecule has 0 amide bonds. The third-order valence-electron chi connectivity index (χ3n) is 2.91. The van der Waals surface area contributed by atoms with Crippen molar-refractivity contribution in [2.75, 3.05) is 13.7 Å². The van der Waals surface area contributed by atoms with Crippen LogP contribution in [-0.2, 0) is 6.54 Å². The minimum atomic E-state index is -0.390. The number of benzene rings is 1. The Kier molecular flexibility index (Phi) is 6.29. The molecule has 0 bridgehead atoms. The van der Waals surface area contributed by atoms with Crippen LogP contribution in [0.25, 0.3) is 0 Å². The molecule has 1 aromatic rings. The van der Waals surface area contributed by atoms with Gasteiger partial charge in [-0.3, -0.25) is 10.1 Å². The van der Waals surface area contributed by atoms with Gasteiger partial charge in [0, 0.05) is 12.6 Å². The highest BCUT2D eigenvalue weighted by molar-refractivity contribution is 5.48. The van der Waals surface area contributed by atoms with E-state index in [2.05, 4.69) is 19.2 Å². The fourth-order valence-corrected chi connectivity index (χ4v) is 1.95. The number of nitrogens with one attached hydrogen (secondary N) is 1. The number of nitro benzene ring substituents is 1. The quantitative estimate of drug-likeness (QED) is 0.580. The Morgan fingerprint density at radius 3 is 2.79 bits per heavy atom. The summed E-state index contributed by atoms with van der Waals surface area (Å²) < 4.78 is 5.58. The van der Waals surface area contributed by atoms with E-state index in [-0.39, 0.29) is 10.6 Å². The maximum absolute atomic E-state index is 11.1. The summed E-state index contributed by atoms with van der Waals surface area (Å²) in [6, 6.07) is 5.10. The summed E-state index contributed by atoms with van der Waals surface area (Å²) in [5.41, 5.74) is 0.916. The zero-order valence-electron chi connectivity index (χ0n) is 11.8. The molecule has 1 atom stereocenters. The first-order chi connectivity index (χ1) is 9.08. The van der Waals surface area contributed by atoms with Gasteiger partial charge in [-0.25, -0.2) is 0 Å². The van der Waals surface area contributed by atoms with E-state index < -0.39 is 0 Å². The van der Waals surface area contributed by atoms with Gasteiger partial charge in [0.25, 0.3) is 0 Å². The van der Waals surface area contributed by atoms with Crippen molar-refractivity contribution in [2.45, 2.75) is 33.2 Å². The fourth-order valence-electron chi connectivity index (χ4n) is 1.95. The van der Waals surface area contributed by atoms with Crippen LogP contribution in [0.3, 0.4) is 0 Å². The van der Waals surface area contributed by atoms with Gasteiger partial charge in [-0.2, -0.15) is 0 Å². The van der Waals surface area contributed by atoms with E-state index in [4.69, 9.17) is 4.74 Å². The molecule has 5 heteroatoms. The molecule has 0 heterocycles. The highest BCUT2D eigenvalue weighted by Gasteiger charge is 2.16. The summed E-state index contributed by atoms with van der Waals surface area (Å²) in [7, 11) is 1.81. The lowest BCUT2D eigenvalue weighted by molar-refractivity contribution is -0.386. The molecule has 0 saturated carbocycles. The van der Waals surface area contributed by atoms with Crippen LogP contribution in [0, 0.1) is 16.0 Å². The Morgan fingerprint density at radius 1 is 1.47 bits per heavy atom. The van der Waals surface area contributed by atoms with Gasteiger partial charge in [0.2, 0.25) is 0 Å². The van der Waals surface area contributed by atoms with Crippen molar-refractivity contribution in [3.63, 3.8) is 0 Å². The van der Waals surface area contributed by atoms with E-state index >= 15 is 0 Å². The van der Waals surface area contributed by atoms with Crippen LogP contribution >= 0.6 is 0 Å². The second-order valence-electron chi connectivity index (χ2n) is 4.79. The monoisotopic (exact) mass is 266 g/mol. The van der Waals surface area contributed by atoms with E-state index in [0.717, 1.165) is 18.4 Å². The summed E-state index contributed by atoms with van der Waals surface area (Å²) >= 11 is 0. The molecule has 0 aliphatic rings. The zero-order valence-corrected chi connectivity index (χ0v) is 11.8. The molecule has 1 unspecified atom stereocenters. The topological polar surface area (TPSA) is 64.4 Å². The molecular weight excluding hydrogens is 244 g/mol. The minimum Gasteiger partial charge on any atom is -0.487 e. The van der Waals surface area contributed by atoms with Crippen LogP contribution < -0.4 is 10.1 Å². The largest absolute Gasteiger partial charge is 0.487 e. The van der Waals surface area contributed by atoms with Crippen LogP contribution in [0.15, 0.2) is 18.2 Å². The molecule has 1 N–H and O–H groups in total. The SMILES string of the molecule is CCCC(C)COc1ccc(CNC)cc1[N+](=O)[O-]. The molecule has 5 nitrogen and oxygen atoms in total. The average Bonchev–Trinajstić information content (AvgIpc) is 2.37. The van der Waals surface area contributed by atoms with Crippen molar-refractivity contribution in [3.05, 3.63) is 33.9 Å². The molecule has 0 fully saturated rings. The smallest absolute Gasteiger partial charge is 0.311 e. The maximum atomic E-state index is 11.1. The standard InChI is InChI=1S/C14H22N2O3/c1-4-5-11(2)10-19-14-7-6-12(9-15-3)8-13(14)16(17)18/h6-8,11,15H,4-5,9-10H2,1-3H3. The zero-order chi connectivity index (χ0) is 14.3. The van der Waals surface area contributed by atoms with E-state index in [1.165, 1.54) is 0 Å². The molecule has 0 saturated heterocycles. The Balaban J connectivity index is 2.79. The predicted octanol–water partition coefficient (Wildman–Crippen LogP) is 3.13. The lowest BCUT2D eigenvalue weighted by Crippen LogP contribution is -2.10. The van der Waals surface area contributed by atoms with Gasteiger partial charge in [-0.1, -0.05) is 26.3 Å². The first-order valence-corrected chi connectivity index (χ1v) is 6.63. The number of rotatable bonds is 8. The summed E-state index contributed by atoms with van der Waals surface area (Å²) in [6.45, 7) is 5.32. The number of ether oxygens (including phenoxy) is 1. The highest BCUT2D eigenvalue weighted by Crippen LogP contribution is 2.28. The lowest BCUT2D eigenvalue weighted by atomic mass is 10.1. The van der Waals surface area contributed by atoms with Crippen molar-refractivity contribution in [3.8, 4) is 5.75 Å². The van der Waals surface area contributed by atoms with Crippen LogP contribution in [-0.4, -0.2) is 18.6 Å². The Bertz CT molecular complexity index is 421. The van der Waals surface area contributed by atoms with Crippen molar-refractivity contribution in [1.82, 2.24) is 5.32 Å². The first-order valence-electron chi connectivity index (χ1n) is 6.63. The van der Waals surface area contributed by atoms with Gasteiger partial charge in [0.15, 0.2) is 5.75 Å². The predicted molar refractivity (Wildman–Crippen MR) is 75.4 cm³/mol. The lowest BCUT2D eigenvalue weighted by Gasteiger charge is -2.12. The number of hydrogen-bond donors (Lipinski definition) is 1. The van der Waals surface area contributed by atoms with E-state index in [1.807, 2.05) is 13.1 Å². The molecule has 0 aliphatic carbocycles. The third-order valence-corrected chi connectivity index (χ3v) is 2.91. The van der Waals surface area contributed by atoms with Gasteiger partial charge in [-0.05, 0) is 31.0 Å². The maximum Gasteiger partial charge on any atom is 0.311 e. The molecule has 0 aromatic heterocycles. The van der Waals surface area contributed by atoms with E-state index in [0.29, 0.717) is 24.8 Å². The molecule has 0 spiro atoms. The Hall–Kier alpha value is -1.62. The van der Waals surface area contributed by atoms with E-state index in [1.54, 1.807) is 12.1 Å². The van der Waals surface area contributed by atoms with Gasteiger partial charge in [0.05, 0.1) is 11.5 Å². The summed E-state index contributed by atoms with van der Waals surface area (Å²) in [6.07, 6.45) is 2.15. The molecule has 106 valence electrons. The highest BCUT2D eigenvalue weighted by atomic mass is 16.6.